The minimum Gasteiger partial charge on any atom is -0.454 e. The Hall–Kier alpha value is -1.13. The molecule has 1 aromatic carbocycles. The molecular weight excluding hydrogens is 278 g/mol. The largest absolute Gasteiger partial charge is 0.454 e. The lowest BCUT2D eigenvalue weighted by Gasteiger charge is -2.38. The fourth-order valence-corrected chi connectivity index (χ4v) is 2.96. The number of hydrogen-bond donors (Lipinski definition) is 1. The minimum absolute atomic E-state index is 0.0429. The second kappa shape index (κ2) is 5.34. The van der Waals surface area contributed by atoms with Crippen LogP contribution in [0.25, 0.3) is 0 Å². The van der Waals surface area contributed by atoms with Crippen LogP contribution in [0.1, 0.15) is 33.1 Å². The molecule has 3 rings (SSSR count). The molecule has 0 amide bonds. The molecule has 1 fully saturated rings. The number of rotatable bonds is 3. The van der Waals surface area contributed by atoms with E-state index in [1.165, 1.54) is 0 Å². The summed E-state index contributed by atoms with van der Waals surface area (Å²) < 4.78 is 16.6. The van der Waals surface area contributed by atoms with Crippen LogP contribution in [0.4, 0.5) is 5.69 Å². The Morgan fingerprint density at radius 2 is 2.10 bits per heavy atom. The zero-order chi connectivity index (χ0) is 14.2. The van der Waals surface area contributed by atoms with Crippen molar-refractivity contribution in [2.24, 2.45) is 0 Å². The van der Waals surface area contributed by atoms with Gasteiger partial charge in [0.2, 0.25) is 6.79 Å². The summed E-state index contributed by atoms with van der Waals surface area (Å²) in [4.78, 5) is 0. The van der Waals surface area contributed by atoms with Crippen molar-refractivity contribution in [1.29, 1.82) is 0 Å². The average molecular weight is 298 g/mol. The molecule has 0 saturated carbocycles. The van der Waals surface area contributed by atoms with Crippen LogP contribution in [0.15, 0.2) is 12.1 Å². The maximum Gasteiger partial charge on any atom is 0.231 e. The lowest BCUT2D eigenvalue weighted by Crippen LogP contribution is -2.41. The smallest absolute Gasteiger partial charge is 0.231 e. The fourth-order valence-electron chi connectivity index (χ4n) is 2.75. The van der Waals surface area contributed by atoms with Crippen LogP contribution in [0.3, 0.4) is 0 Å². The van der Waals surface area contributed by atoms with Crippen molar-refractivity contribution in [1.82, 2.24) is 0 Å². The van der Waals surface area contributed by atoms with Crippen molar-refractivity contribution in [3.05, 3.63) is 17.2 Å². The molecule has 0 spiro atoms. The predicted octanol–water partition coefficient (Wildman–Crippen LogP) is 3.83. The van der Waals surface area contributed by atoms with Crippen LogP contribution in [-0.4, -0.2) is 25.0 Å². The number of anilines is 1. The van der Waals surface area contributed by atoms with Gasteiger partial charge in [-0.05, 0) is 26.2 Å². The normalized spacial score (nSPS) is 28.4. The molecule has 2 atom stereocenters. The predicted molar refractivity (Wildman–Crippen MR) is 78.9 cm³/mol. The second-order valence-corrected chi connectivity index (χ2v) is 6.08. The van der Waals surface area contributed by atoms with Crippen LogP contribution in [0.2, 0.25) is 5.02 Å². The van der Waals surface area contributed by atoms with Gasteiger partial charge in [0.05, 0.1) is 16.3 Å². The Bertz CT molecular complexity index is 508. The Morgan fingerprint density at radius 1 is 1.35 bits per heavy atom. The molecule has 0 radical (unpaired) electrons. The Kier molecular flexibility index (Phi) is 3.69. The summed E-state index contributed by atoms with van der Waals surface area (Å²) in [6.45, 7) is 5.38. The Morgan fingerprint density at radius 3 is 2.85 bits per heavy atom. The third-order valence-electron chi connectivity index (χ3n) is 4.16. The van der Waals surface area contributed by atoms with Crippen LogP contribution in [-0.2, 0) is 4.74 Å². The Labute approximate surface area is 124 Å². The van der Waals surface area contributed by atoms with E-state index in [0.717, 1.165) is 37.3 Å². The maximum atomic E-state index is 6.30. The number of hydrogen-bond acceptors (Lipinski definition) is 4. The van der Waals surface area contributed by atoms with E-state index in [2.05, 4.69) is 19.2 Å². The molecule has 2 aliphatic heterocycles. The molecule has 4 nitrogen and oxygen atoms in total. The van der Waals surface area contributed by atoms with E-state index in [1.54, 1.807) is 0 Å². The van der Waals surface area contributed by atoms with Gasteiger partial charge in [-0.2, -0.15) is 0 Å². The molecule has 2 unspecified atom stereocenters. The maximum absolute atomic E-state index is 6.30. The lowest BCUT2D eigenvalue weighted by atomic mass is 9.90. The van der Waals surface area contributed by atoms with Crippen molar-refractivity contribution in [2.75, 3.05) is 18.7 Å². The van der Waals surface area contributed by atoms with Gasteiger partial charge >= 0.3 is 0 Å². The number of nitrogens with one attached hydrogen (secondary N) is 1. The van der Waals surface area contributed by atoms with E-state index in [0.29, 0.717) is 16.8 Å². The molecule has 2 aliphatic rings. The van der Waals surface area contributed by atoms with Gasteiger partial charge in [-0.1, -0.05) is 18.5 Å². The first kappa shape index (κ1) is 13.8. The zero-order valence-electron chi connectivity index (χ0n) is 11.9. The number of benzene rings is 1. The first-order valence-corrected chi connectivity index (χ1v) is 7.47. The third kappa shape index (κ3) is 2.67. The van der Waals surface area contributed by atoms with Crippen molar-refractivity contribution in [2.45, 2.75) is 44.8 Å². The standard InChI is InChI=1S/C15H20ClNO3/c1-3-15(2)8-10(4-5-20-15)17-12-7-14-13(6-11(12)16)18-9-19-14/h6-7,10,17H,3-5,8-9H2,1-2H3. The van der Waals surface area contributed by atoms with Gasteiger partial charge in [0, 0.05) is 24.8 Å². The summed E-state index contributed by atoms with van der Waals surface area (Å²) in [6.07, 6.45) is 2.98. The van der Waals surface area contributed by atoms with Crippen molar-refractivity contribution in [3.8, 4) is 11.5 Å². The highest BCUT2D eigenvalue weighted by atomic mass is 35.5. The fraction of sp³-hybridized carbons (Fsp3) is 0.600. The monoisotopic (exact) mass is 297 g/mol. The molecule has 2 heterocycles. The molecule has 0 bridgehead atoms. The summed E-state index contributed by atoms with van der Waals surface area (Å²) in [5.74, 6) is 1.47. The van der Waals surface area contributed by atoms with E-state index in [-0.39, 0.29) is 12.4 Å². The third-order valence-corrected chi connectivity index (χ3v) is 4.48. The van der Waals surface area contributed by atoms with Crippen molar-refractivity contribution in [3.63, 3.8) is 0 Å². The van der Waals surface area contributed by atoms with Gasteiger partial charge in [-0.3, -0.25) is 0 Å². The highest BCUT2D eigenvalue weighted by Crippen LogP contribution is 2.40. The first-order chi connectivity index (χ1) is 9.59. The van der Waals surface area contributed by atoms with E-state index in [4.69, 9.17) is 25.8 Å². The number of fused-ring (bicyclic) bond motifs is 1. The Balaban J connectivity index is 1.74. The summed E-state index contributed by atoms with van der Waals surface area (Å²) in [6, 6.07) is 4.10. The van der Waals surface area contributed by atoms with E-state index in [9.17, 15) is 0 Å². The molecule has 20 heavy (non-hydrogen) atoms. The van der Waals surface area contributed by atoms with E-state index >= 15 is 0 Å². The summed E-state index contributed by atoms with van der Waals surface area (Å²) in [5, 5.41) is 4.19. The van der Waals surface area contributed by atoms with Gasteiger partial charge in [-0.15, -0.1) is 0 Å². The van der Waals surface area contributed by atoms with Crippen molar-refractivity contribution < 1.29 is 14.2 Å². The van der Waals surface area contributed by atoms with Crippen LogP contribution >= 0.6 is 11.6 Å². The molecule has 5 heteroatoms. The summed E-state index contributed by atoms with van der Waals surface area (Å²) in [7, 11) is 0. The molecule has 110 valence electrons. The van der Waals surface area contributed by atoms with Gasteiger partial charge in [0.1, 0.15) is 0 Å². The molecular formula is C15H20ClNO3. The van der Waals surface area contributed by atoms with Gasteiger partial charge in [0.25, 0.3) is 0 Å². The van der Waals surface area contributed by atoms with Gasteiger partial charge < -0.3 is 19.5 Å². The van der Waals surface area contributed by atoms with Crippen LogP contribution < -0.4 is 14.8 Å². The number of ether oxygens (including phenoxy) is 3. The molecule has 1 N–H and O–H groups in total. The molecule has 1 aromatic rings. The SMILES string of the molecule is CCC1(C)CC(Nc2cc3c(cc2Cl)OCO3)CCO1. The van der Waals surface area contributed by atoms with E-state index < -0.39 is 0 Å². The lowest BCUT2D eigenvalue weighted by molar-refractivity contribution is -0.0708. The molecule has 1 saturated heterocycles. The summed E-state index contributed by atoms with van der Waals surface area (Å²) >= 11 is 6.30. The molecule has 0 aromatic heterocycles. The highest BCUT2D eigenvalue weighted by Gasteiger charge is 2.32. The topological polar surface area (TPSA) is 39.7 Å². The summed E-state index contributed by atoms with van der Waals surface area (Å²) in [5.41, 5.74) is 0.861. The second-order valence-electron chi connectivity index (χ2n) is 5.67. The van der Waals surface area contributed by atoms with Crippen molar-refractivity contribution >= 4 is 17.3 Å². The minimum atomic E-state index is -0.0429. The van der Waals surface area contributed by atoms with Crippen LogP contribution in [0.5, 0.6) is 11.5 Å². The first-order valence-electron chi connectivity index (χ1n) is 7.09. The number of halogens is 1. The quantitative estimate of drug-likeness (QED) is 0.920. The van der Waals surface area contributed by atoms with E-state index in [1.807, 2.05) is 12.1 Å². The highest BCUT2D eigenvalue weighted by molar-refractivity contribution is 6.33. The zero-order valence-corrected chi connectivity index (χ0v) is 12.6. The molecule has 0 aliphatic carbocycles. The van der Waals surface area contributed by atoms with Crippen LogP contribution in [0, 0.1) is 0 Å². The van der Waals surface area contributed by atoms with Gasteiger partial charge in [-0.25, -0.2) is 0 Å². The van der Waals surface area contributed by atoms with Gasteiger partial charge in [0.15, 0.2) is 11.5 Å². The average Bonchev–Trinajstić information content (AvgIpc) is 2.86.